The molecule has 16 heavy (non-hydrogen) atoms. The summed E-state index contributed by atoms with van der Waals surface area (Å²) in [5, 5.41) is 3.16. The van der Waals surface area contributed by atoms with Crippen molar-refractivity contribution in [2.24, 2.45) is 5.92 Å². The van der Waals surface area contributed by atoms with Gasteiger partial charge >= 0.3 is 0 Å². The van der Waals surface area contributed by atoms with Crippen molar-refractivity contribution in [2.45, 2.75) is 51.5 Å². The molecule has 92 valence electrons. The van der Waals surface area contributed by atoms with Crippen LogP contribution in [0.15, 0.2) is 0 Å². The van der Waals surface area contributed by atoms with Crippen molar-refractivity contribution in [3.63, 3.8) is 0 Å². The topological polar surface area (TPSA) is 32.3 Å². The molecule has 1 unspecified atom stereocenters. The number of nitrogens with one attached hydrogen (secondary N) is 1. The van der Waals surface area contributed by atoms with Gasteiger partial charge < -0.3 is 10.2 Å². The normalized spacial score (nSPS) is 25.8. The van der Waals surface area contributed by atoms with Crippen LogP contribution in [0.2, 0.25) is 0 Å². The number of piperazine rings is 1. The fourth-order valence-electron chi connectivity index (χ4n) is 3.30. The van der Waals surface area contributed by atoms with Crippen LogP contribution in [0.25, 0.3) is 0 Å². The van der Waals surface area contributed by atoms with Gasteiger partial charge in [-0.2, -0.15) is 0 Å². The van der Waals surface area contributed by atoms with Crippen LogP contribution in [0, 0.1) is 5.92 Å². The number of hydrogen-bond acceptors (Lipinski definition) is 2. The maximum Gasteiger partial charge on any atom is 0.236 e. The molecule has 1 aliphatic heterocycles. The van der Waals surface area contributed by atoms with E-state index in [1.54, 1.807) is 0 Å². The van der Waals surface area contributed by atoms with Crippen molar-refractivity contribution in [3.8, 4) is 0 Å². The zero-order chi connectivity index (χ0) is 11.4. The Labute approximate surface area is 98.6 Å². The number of nitrogens with zero attached hydrogens (tertiary/aromatic N) is 1. The SMILES string of the molecule is CCC(C1CCCCC1)N1CCNCC1=O. The van der Waals surface area contributed by atoms with Gasteiger partial charge in [0.05, 0.1) is 6.54 Å². The minimum Gasteiger partial charge on any atom is -0.337 e. The van der Waals surface area contributed by atoms with E-state index in [-0.39, 0.29) is 0 Å². The summed E-state index contributed by atoms with van der Waals surface area (Å²) in [4.78, 5) is 14.0. The maximum atomic E-state index is 11.9. The van der Waals surface area contributed by atoms with Crippen LogP contribution in [0.5, 0.6) is 0 Å². The number of rotatable bonds is 3. The second kappa shape index (κ2) is 5.67. The lowest BCUT2D eigenvalue weighted by Crippen LogP contribution is -2.54. The molecule has 2 rings (SSSR count). The van der Waals surface area contributed by atoms with Gasteiger partial charge in [-0.1, -0.05) is 26.2 Å². The molecule has 1 heterocycles. The molecule has 1 amide bonds. The summed E-state index contributed by atoms with van der Waals surface area (Å²) < 4.78 is 0. The summed E-state index contributed by atoms with van der Waals surface area (Å²) in [6.07, 6.45) is 7.90. The Kier molecular flexibility index (Phi) is 4.22. The maximum absolute atomic E-state index is 11.9. The molecule has 0 bridgehead atoms. The van der Waals surface area contributed by atoms with Gasteiger partial charge in [-0.05, 0) is 25.2 Å². The first kappa shape index (κ1) is 11.9. The van der Waals surface area contributed by atoms with E-state index in [1.807, 2.05) is 0 Å². The molecule has 0 aromatic rings. The molecule has 3 nitrogen and oxygen atoms in total. The Morgan fingerprint density at radius 3 is 2.75 bits per heavy atom. The monoisotopic (exact) mass is 224 g/mol. The van der Waals surface area contributed by atoms with E-state index in [1.165, 1.54) is 32.1 Å². The number of carbonyl (C=O) groups excluding carboxylic acids is 1. The van der Waals surface area contributed by atoms with Crippen LogP contribution >= 0.6 is 0 Å². The summed E-state index contributed by atoms with van der Waals surface area (Å²) in [5.41, 5.74) is 0. The van der Waals surface area contributed by atoms with Crippen LogP contribution in [-0.2, 0) is 4.79 Å². The third-order valence-electron chi connectivity index (χ3n) is 4.14. The highest BCUT2D eigenvalue weighted by atomic mass is 16.2. The Hall–Kier alpha value is -0.570. The summed E-state index contributed by atoms with van der Waals surface area (Å²) in [7, 11) is 0. The van der Waals surface area contributed by atoms with Crippen LogP contribution in [0.4, 0.5) is 0 Å². The van der Waals surface area contributed by atoms with E-state index in [4.69, 9.17) is 0 Å². The molecule has 0 radical (unpaired) electrons. The average Bonchev–Trinajstić information content (AvgIpc) is 2.34. The molecular weight excluding hydrogens is 200 g/mol. The molecule has 0 aromatic carbocycles. The van der Waals surface area contributed by atoms with Crippen LogP contribution < -0.4 is 5.32 Å². The molecule has 1 aliphatic carbocycles. The summed E-state index contributed by atoms with van der Waals surface area (Å²) in [5.74, 6) is 1.07. The minimum atomic E-state index is 0.309. The highest BCUT2D eigenvalue weighted by Crippen LogP contribution is 2.30. The molecule has 1 saturated heterocycles. The van der Waals surface area contributed by atoms with Crippen LogP contribution in [0.1, 0.15) is 45.4 Å². The fraction of sp³-hybridized carbons (Fsp3) is 0.923. The predicted molar refractivity (Wildman–Crippen MR) is 65.2 cm³/mol. The molecule has 0 aromatic heterocycles. The molecule has 3 heteroatoms. The average molecular weight is 224 g/mol. The van der Waals surface area contributed by atoms with Crippen molar-refractivity contribution >= 4 is 5.91 Å². The Morgan fingerprint density at radius 1 is 1.38 bits per heavy atom. The second-order valence-corrected chi connectivity index (χ2v) is 5.14. The first-order valence-corrected chi connectivity index (χ1v) is 6.83. The van der Waals surface area contributed by atoms with Crippen LogP contribution in [-0.4, -0.2) is 36.5 Å². The number of hydrogen-bond donors (Lipinski definition) is 1. The molecule has 1 N–H and O–H groups in total. The lowest BCUT2D eigenvalue weighted by atomic mass is 9.82. The van der Waals surface area contributed by atoms with Gasteiger partial charge in [-0.25, -0.2) is 0 Å². The molecule has 2 aliphatic rings. The van der Waals surface area contributed by atoms with Crippen LogP contribution in [0.3, 0.4) is 0 Å². The molecule has 2 fully saturated rings. The van der Waals surface area contributed by atoms with Crippen molar-refractivity contribution in [1.82, 2.24) is 10.2 Å². The summed E-state index contributed by atoms with van der Waals surface area (Å²) in [6.45, 7) is 4.65. The molecule has 1 atom stereocenters. The van der Waals surface area contributed by atoms with Gasteiger partial charge in [0.15, 0.2) is 0 Å². The Morgan fingerprint density at radius 2 is 2.12 bits per heavy atom. The lowest BCUT2D eigenvalue weighted by molar-refractivity contribution is -0.136. The Bertz CT molecular complexity index is 236. The Balaban J connectivity index is 1.99. The zero-order valence-electron chi connectivity index (χ0n) is 10.4. The van der Waals surface area contributed by atoms with Gasteiger partial charge in [0.1, 0.15) is 0 Å². The molecule has 1 saturated carbocycles. The van der Waals surface area contributed by atoms with E-state index in [0.717, 1.165) is 25.4 Å². The van der Waals surface area contributed by atoms with Gasteiger partial charge in [-0.15, -0.1) is 0 Å². The quantitative estimate of drug-likeness (QED) is 0.792. The third kappa shape index (κ3) is 2.57. The standard InChI is InChI=1S/C13H24N2O/c1-2-12(11-6-4-3-5-7-11)15-9-8-14-10-13(15)16/h11-12,14H,2-10H2,1H3. The first-order chi connectivity index (χ1) is 7.83. The molecular formula is C13H24N2O. The van der Waals surface area contributed by atoms with E-state index in [9.17, 15) is 4.79 Å². The first-order valence-electron chi connectivity index (χ1n) is 6.83. The van der Waals surface area contributed by atoms with Crippen molar-refractivity contribution in [1.29, 1.82) is 0 Å². The fourth-order valence-corrected chi connectivity index (χ4v) is 3.30. The predicted octanol–water partition coefficient (Wildman–Crippen LogP) is 1.78. The third-order valence-corrected chi connectivity index (χ3v) is 4.14. The molecule has 0 spiro atoms. The summed E-state index contributed by atoms with van der Waals surface area (Å²) >= 11 is 0. The van der Waals surface area contributed by atoms with Gasteiger partial charge in [0.25, 0.3) is 0 Å². The minimum absolute atomic E-state index is 0.309. The van der Waals surface area contributed by atoms with E-state index < -0.39 is 0 Å². The van der Waals surface area contributed by atoms with Crippen molar-refractivity contribution in [3.05, 3.63) is 0 Å². The van der Waals surface area contributed by atoms with Gasteiger partial charge in [0, 0.05) is 19.1 Å². The smallest absolute Gasteiger partial charge is 0.236 e. The highest BCUT2D eigenvalue weighted by Gasteiger charge is 2.31. The van der Waals surface area contributed by atoms with Crippen molar-refractivity contribution < 1.29 is 4.79 Å². The highest BCUT2D eigenvalue weighted by molar-refractivity contribution is 5.79. The van der Waals surface area contributed by atoms with Gasteiger partial charge in [0.2, 0.25) is 5.91 Å². The van der Waals surface area contributed by atoms with Gasteiger partial charge in [-0.3, -0.25) is 4.79 Å². The largest absolute Gasteiger partial charge is 0.337 e. The zero-order valence-corrected chi connectivity index (χ0v) is 10.4. The van der Waals surface area contributed by atoms with E-state index in [2.05, 4.69) is 17.1 Å². The van der Waals surface area contributed by atoms with E-state index >= 15 is 0 Å². The summed E-state index contributed by atoms with van der Waals surface area (Å²) in [6, 6.07) is 0.509. The second-order valence-electron chi connectivity index (χ2n) is 5.14. The lowest BCUT2D eigenvalue weighted by Gasteiger charge is -2.40. The van der Waals surface area contributed by atoms with Crippen molar-refractivity contribution in [2.75, 3.05) is 19.6 Å². The number of amides is 1. The van der Waals surface area contributed by atoms with E-state index in [0.29, 0.717) is 18.5 Å². The number of carbonyl (C=O) groups is 1.